The van der Waals surface area contributed by atoms with Crippen molar-refractivity contribution in [1.82, 2.24) is 4.90 Å². The van der Waals surface area contributed by atoms with Gasteiger partial charge in [0.2, 0.25) is 11.7 Å². The highest BCUT2D eigenvalue weighted by molar-refractivity contribution is 8.18. The summed E-state index contributed by atoms with van der Waals surface area (Å²) in [7, 11) is 0. The number of non-ortho nitro benzene ring substituents is 1. The average Bonchev–Trinajstić information content (AvgIpc) is 3.12. The second kappa shape index (κ2) is 10.9. The number of rotatable bonds is 8. The molecule has 13 heteroatoms. The molecule has 0 unspecified atom stereocenters. The summed E-state index contributed by atoms with van der Waals surface area (Å²) in [6.45, 7) is 1.38. The largest absolute Gasteiger partial charge is 0.449 e. The number of nitrogens with zero attached hydrogens (tertiary/aromatic N) is 3. The highest BCUT2D eigenvalue weighted by Crippen LogP contribution is 2.38. The molecule has 192 valence electrons. The van der Waals surface area contributed by atoms with Gasteiger partial charge in [-0.2, -0.15) is 0 Å². The zero-order valence-electron chi connectivity index (χ0n) is 19.7. The molecule has 1 N–H and O–H groups in total. The van der Waals surface area contributed by atoms with Crippen LogP contribution in [0.2, 0.25) is 0 Å². The maximum atomic E-state index is 12.9. The second-order valence-corrected chi connectivity index (χ2v) is 8.98. The number of nitro benzene ring substituents is 2. The summed E-state index contributed by atoms with van der Waals surface area (Å²) in [5.74, 6) is -1.38. The number of imide groups is 1. The number of hydrogen-bond acceptors (Lipinski definition) is 9. The van der Waals surface area contributed by atoms with Crippen molar-refractivity contribution in [2.45, 2.75) is 6.92 Å². The Morgan fingerprint density at radius 2 is 1.76 bits per heavy atom. The van der Waals surface area contributed by atoms with E-state index in [1.54, 1.807) is 36.4 Å². The Labute approximate surface area is 219 Å². The first-order chi connectivity index (χ1) is 18.1. The molecule has 1 heterocycles. The molecule has 0 spiro atoms. The third-order valence-electron chi connectivity index (χ3n) is 5.25. The number of hydrogen-bond donors (Lipinski definition) is 1. The van der Waals surface area contributed by atoms with Crippen LogP contribution in [-0.4, -0.2) is 38.3 Å². The van der Waals surface area contributed by atoms with E-state index in [1.807, 2.05) is 13.0 Å². The fourth-order valence-corrected chi connectivity index (χ4v) is 4.33. The molecule has 0 bridgehead atoms. The van der Waals surface area contributed by atoms with Crippen LogP contribution in [0.1, 0.15) is 11.1 Å². The fraction of sp³-hybridized carbons (Fsp3) is 0.0800. The van der Waals surface area contributed by atoms with Gasteiger partial charge in [-0.15, -0.1) is 0 Å². The van der Waals surface area contributed by atoms with Gasteiger partial charge < -0.3 is 10.1 Å². The van der Waals surface area contributed by atoms with Gasteiger partial charge in [0.1, 0.15) is 12.3 Å². The standard InChI is InChI=1S/C25H18N4O8S/c1-15-5-4-7-17(11-15)26-23(30)14-27-24(31)22(38-25(27)32)12-16-6-2-3-8-20(16)37-21-10-9-18(28(33)34)13-19(21)29(35)36/h2-13H,14H2,1H3,(H,26,30)/b22-12+. The number of benzene rings is 3. The van der Waals surface area contributed by atoms with Crippen molar-refractivity contribution in [1.29, 1.82) is 0 Å². The number of carbonyl (C=O) groups excluding carboxylic acids is 3. The maximum absolute atomic E-state index is 12.9. The van der Waals surface area contributed by atoms with E-state index in [0.717, 1.165) is 28.7 Å². The third-order valence-corrected chi connectivity index (χ3v) is 6.16. The summed E-state index contributed by atoms with van der Waals surface area (Å²) in [6, 6.07) is 16.3. The number of thioether (sulfide) groups is 1. The normalized spacial score (nSPS) is 14.0. The molecule has 1 saturated heterocycles. The lowest BCUT2D eigenvalue weighted by Crippen LogP contribution is -2.36. The Morgan fingerprint density at radius 1 is 1.00 bits per heavy atom. The van der Waals surface area contributed by atoms with Crippen LogP contribution in [0.25, 0.3) is 6.08 Å². The van der Waals surface area contributed by atoms with Crippen molar-refractivity contribution in [2.24, 2.45) is 0 Å². The van der Waals surface area contributed by atoms with Crippen molar-refractivity contribution >= 4 is 52.0 Å². The minimum Gasteiger partial charge on any atom is -0.449 e. The Balaban J connectivity index is 1.54. The zero-order valence-corrected chi connectivity index (χ0v) is 20.5. The monoisotopic (exact) mass is 534 g/mol. The molecular weight excluding hydrogens is 516 g/mol. The predicted octanol–water partition coefficient (Wildman–Crippen LogP) is 5.28. The van der Waals surface area contributed by atoms with Gasteiger partial charge in [-0.3, -0.25) is 39.5 Å². The molecule has 1 fully saturated rings. The Bertz CT molecular complexity index is 1520. The SMILES string of the molecule is Cc1cccc(NC(=O)CN2C(=O)S/C(=C/c3ccccc3Oc3ccc([N+](=O)[O-])cc3[N+](=O)[O-])C2=O)c1. The molecule has 0 saturated carbocycles. The molecule has 0 atom stereocenters. The van der Waals surface area contributed by atoms with E-state index in [9.17, 15) is 34.6 Å². The van der Waals surface area contributed by atoms with E-state index in [-0.39, 0.29) is 16.4 Å². The van der Waals surface area contributed by atoms with Crippen molar-refractivity contribution in [3.8, 4) is 11.5 Å². The van der Waals surface area contributed by atoms with Crippen LogP contribution >= 0.6 is 11.8 Å². The molecular formula is C25H18N4O8S. The van der Waals surface area contributed by atoms with Gasteiger partial charge in [0.15, 0.2) is 0 Å². The minimum absolute atomic E-state index is 0.0209. The molecule has 3 amide bonds. The summed E-state index contributed by atoms with van der Waals surface area (Å²) in [5, 5.41) is 24.5. The Kier molecular flexibility index (Phi) is 7.48. The van der Waals surface area contributed by atoms with E-state index in [1.165, 1.54) is 12.1 Å². The Hall–Kier alpha value is -5.04. The van der Waals surface area contributed by atoms with Crippen molar-refractivity contribution in [2.75, 3.05) is 11.9 Å². The number of aryl methyl sites for hydroxylation is 1. The van der Waals surface area contributed by atoms with Crippen molar-refractivity contribution < 1.29 is 29.0 Å². The molecule has 1 aliphatic rings. The highest BCUT2D eigenvalue weighted by atomic mass is 32.2. The van der Waals surface area contributed by atoms with Crippen LogP contribution in [0.5, 0.6) is 11.5 Å². The van der Waals surface area contributed by atoms with Crippen LogP contribution < -0.4 is 10.1 Å². The van der Waals surface area contributed by atoms with Gasteiger partial charge in [-0.05, 0) is 54.6 Å². The van der Waals surface area contributed by atoms with Gasteiger partial charge in [0, 0.05) is 17.3 Å². The molecule has 3 aromatic carbocycles. The number of nitro groups is 2. The molecule has 12 nitrogen and oxygen atoms in total. The van der Waals surface area contributed by atoms with E-state index >= 15 is 0 Å². The number of amides is 3. The molecule has 4 rings (SSSR count). The summed E-state index contributed by atoms with van der Waals surface area (Å²) in [6.07, 6.45) is 1.37. The number of nitrogens with one attached hydrogen (secondary N) is 1. The molecule has 3 aromatic rings. The van der Waals surface area contributed by atoms with E-state index in [2.05, 4.69) is 5.32 Å². The van der Waals surface area contributed by atoms with Crippen LogP contribution in [0.15, 0.2) is 71.6 Å². The number of carbonyl (C=O) groups is 3. The van der Waals surface area contributed by atoms with Crippen molar-refractivity contribution in [3.63, 3.8) is 0 Å². The highest BCUT2D eigenvalue weighted by Gasteiger charge is 2.36. The molecule has 38 heavy (non-hydrogen) atoms. The predicted molar refractivity (Wildman–Crippen MR) is 139 cm³/mol. The summed E-state index contributed by atoms with van der Waals surface area (Å²) in [4.78, 5) is 59.6. The summed E-state index contributed by atoms with van der Waals surface area (Å²) in [5.41, 5.74) is 0.682. The summed E-state index contributed by atoms with van der Waals surface area (Å²) >= 11 is 0.635. The van der Waals surface area contributed by atoms with Gasteiger partial charge in [-0.1, -0.05) is 30.3 Å². The second-order valence-electron chi connectivity index (χ2n) is 7.99. The molecule has 0 aliphatic carbocycles. The van der Waals surface area contributed by atoms with Crippen molar-refractivity contribution in [3.05, 3.63) is 103 Å². The van der Waals surface area contributed by atoms with E-state index in [0.29, 0.717) is 23.0 Å². The van der Waals surface area contributed by atoms with Crippen LogP contribution in [0.4, 0.5) is 21.9 Å². The lowest BCUT2D eigenvalue weighted by molar-refractivity contribution is -0.394. The average molecular weight is 535 g/mol. The van der Waals surface area contributed by atoms with Crippen LogP contribution in [-0.2, 0) is 9.59 Å². The topological polar surface area (TPSA) is 162 Å². The Morgan fingerprint density at radius 3 is 2.47 bits per heavy atom. The number of ether oxygens (including phenoxy) is 1. The molecule has 0 radical (unpaired) electrons. The maximum Gasteiger partial charge on any atom is 0.318 e. The molecule has 1 aliphatic heterocycles. The first kappa shape index (κ1) is 26.0. The van der Waals surface area contributed by atoms with E-state index < -0.39 is 44.8 Å². The molecule has 0 aromatic heterocycles. The van der Waals surface area contributed by atoms with Gasteiger partial charge >= 0.3 is 5.69 Å². The number of anilines is 1. The van der Waals surface area contributed by atoms with Crippen LogP contribution in [0.3, 0.4) is 0 Å². The minimum atomic E-state index is -0.807. The van der Waals surface area contributed by atoms with E-state index in [4.69, 9.17) is 4.74 Å². The number of para-hydroxylation sites is 1. The van der Waals surface area contributed by atoms with Gasteiger partial charge in [0.25, 0.3) is 16.8 Å². The summed E-state index contributed by atoms with van der Waals surface area (Å²) < 4.78 is 5.68. The van der Waals surface area contributed by atoms with Gasteiger partial charge in [0.05, 0.1) is 20.8 Å². The van der Waals surface area contributed by atoms with Gasteiger partial charge in [-0.25, -0.2) is 0 Å². The lowest BCUT2D eigenvalue weighted by Gasteiger charge is -2.13. The van der Waals surface area contributed by atoms with Crippen LogP contribution in [0, 0.1) is 27.2 Å². The third kappa shape index (κ3) is 5.84. The first-order valence-electron chi connectivity index (χ1n) is 10.9. The fourth-order valence-electron chi connectivity index (χ4n) is 3.50. The quantitative estimate of drug-likeness (QED) is 0.230. The first-order valence-corrected chi connectivity index (χ1v) is 11.8. The lowest BCUT2D eigenvalue weighted by atomic mass is 10.1. The zero-order chi connectivity index (χ0) is 27.4. The smallest absolute Gasteiger partial charge is 0.318 e.